The zero-order valence-corrected chi connectivity index (χ0v) is 22.0. The Morgan fingerprint density at radius 3 is 2.52 bits per heavy atom. The van der Waals surface area contributed by atoms with Crippen LogP contribution in [0.25, 0.3) is 0 Å². The van der Waals surface area contributed by atoms with Gasteiger partial charge < -0.3 is 9.47 Å². The summed E-state index contributed by atoms with van der Waals surface area (Å²) in [6.45, 7) is 16.1. The Morgan fingerprint density at radius 2 is 1.82 bits per heavy atom. The molecule has 1 saturated heterocycles. The van der Waals surface area contributed by atoms with Crippen LogP contribution in [0.1, 0.15) is 93.4 Å². The third-order valence-corrected chi connectivity index (χ3v) is 11.3. The van der Waals surface area contributed by atoms with Gasteiger partial charge in [0.1, 0.15) is 17.8 Å². The number of rotatable bonds is 5. The summed E-state index contributed by atoms with van der Waals surface area (Å²) in [5, 5.41) is 0. The van der Waals surface area contributed by atoms with Crippen LogP contribution in [0.15, 0.2) is 23.8 Å². The largest absolute Gasteiger partial charge is 0.462 e. The molecule has 0 aromatic rings. The molecule has 0 aromatic carbocycles. The third-order valence-electron chi connectivity index (χ3n) is 11.3. The predicted octanol–water partition coefficient (Wildman–Crippen LogP) is 7.11. The van der Waals surface area contributed by atoms with Crippen LogP contribution < -0.4 is 0 Å². The van der Waals surface area contributed by atoms with E-state index in [2.05, 4.69) is 59.8 Å². The van der Waals surface area contributed by atoms with Crippen molar-refractivity contribution in [3.8, 4) is 0 Å². The molecular weight excluding hydrogens is 408 g/mol. The molecular formula is C30H46O3. The summed E-state index contributed by atoms with van der Waals surface area (Å²) in [6.07, 6.45) is 16.1. The number of carbonyl (C=O) groups is 1. The highest BCUT2D eigenvalue weighted by Gasteiger charge is 2.74. The maximum Gasteiger partial charge on any atom is 0.302 e. The van der Waals surface area contributed by atoms with Gasteiger partial charge in [-0.25, -0.2) is 0 Å². The minimum Gasteiger partial charge on any atom is -0.462 e. The van der Waals surface area contributed by atoms with Gasteiger partial charge in [0.25, 0.3) is 0 Å². The molecule has 10 atom stereocenters. The topological polar surface area (TPSA) is 38.8 Å². The number of hydrogen-bond acceptors (Lipinski definition) is 3. The van der Waals surface area contributed by atoms with Gasteiger partial charge in [-0.15, -0.1) is 0 Å². The summed E-state index contributed by atoms with van der Waals surface area (Å²) < 4.78 is 12.2. The van der Waals surface area contributed by atoms with Crippen molar-refractivity contribution in [1.29, 1.82) is 0 Å². The van der Waals surface area contributed by atoms with E-state index in [1.54, 1.807) is 5.57 Å². The maximum absolute atomic E-state index is 11.6. The average molecular weight is 455 g/mol. The number of fused-ring (bicyclic) bond motifs is 4. The molecule has 0 radical (unpaired) electrons. The molecule has 3 saturated carbocycles. The van der Waals surface area contributed by atoms with Gasteiger partial charge in [0.05, 0.1) is 0 Å². The molecule has 0 bridgehead atoms. The average Bonchev–Trinajstić information content (AvgIpc) is 3.32. The van der Waals surface area contributed by atoms with Crippen molar-refractivity contribution in [2.24, 2.45) is 46.3 Å². The molecule has 0 N–H and O–H groups in total. The van der Waals surface area contributed by atoms with Gasteiger partial charge in [-0.3, -0.25) is 4.79 Å². The van der Waals surface area contributed by atoms with E-state index in [0.29, 0.717) is 35.0 Å². The summed E-state index contributed by atoms with van der Waals surface area (Å²) in [5.41, 5.74) is 2.25. The van der Waals surface area contributed by atoms with E-state index in [1.807, 2.05) is 0 Å². The molecule has 4 aliphatic carbocycles. The van der Waals surface area contributed by atoms with Crippen LogP contribution in [0, 0.1) is 46.3 Å². The van der Waals surface area contributed by atoms with E-state index in [4.69, 9.17) is 9.47 Å². The van der Waals surface area contributed by atoms with Gasteiger partial charge in [-0.2, -0.15) is 0 Å². The summed E-state index contributed by atoms with van der Waals surface area (Å²) in [7, 11) is 0. The van der Waals surface area contributed by atoms with Gasteiger partial charge in [0.2, 0.25) is 0 Å². The van der Waals surface area contributed by atoms with Crippen molar-refractivity contribution in [3.63, 3.8) is 0 Å². The first kappa shape index (κ1) is 23.6. The molecule has 5 aliphatic rings. The summed E-state index contributed by atoms with van der Waals surface area (Å²) >= 11 is 0. The summed E-state index contributed by atoms with van der Waals surface area (Å²) in [6, 6.07) is 0. The number of epoxide rings is 1. The van der Waals surface area contributed by atoms with Crippen molar-refractivity contribution in [2.45, 2.75) is 111 Å². The van der Waals surface area contributed by atoms with E-state index >= 15 is 0 Å². The van der Waals surface area contributed by atoms with Crippen LogP contribution >= 0.6 is 0 Å². The predicted molar refractivity (Wildman–Crippen MR) is 133 cm³/mol. The molecule has 0 unspecified atom stereocenters. The lowest BCUT2D eigenvalue weighted by molar-refractivity contribution is -0.152. The van der Waals surface area contributed by atoms with Crippen LogP contribution in [-0.4, -0.2) is 23.8 Å². The Balaban J connectivity index is 1.37. The maximum atomic E-state index is 11.6. The number of carbonyl (C=O) groups excluding carboxylic acids is 1. The zero-order valence-electron chi connectivity index (χ0n) is 22.0. The third kappa shape index (κ3) is 3.50. The van der Waals surface area contributed by atoms with Gasteiger partial charge >= 0.3 is 5.97 Å². The van der Waals surface area contributed by atoms with E-state index < -0.39 is 0 Å². The fraction of sp³-hybridized carbons (Fsp3) is 0.833. The van der Waals surface area contributed by atoms with E-state index in [1.165, 1.54) is 32.6 Å². The fourth-order valence-corrected chi connectivity index (χ4v) is 8.84. The first-order valence-electron chi connectivity index (χ1n) is 13.8. The highest BCUT2D eigenvalue weighted by molar-refractivity contribution is 5.66. The van der Waals surface area contributed by atoms with Crippen molar-refractivity contribution in [3.05, 3.63) is 23.8 Å². The lowest BCUT2D eigenvalue weighted by Gasteiger charge is -2.56. The standard InChI is InChI=1S/C30H46O3/c1-18(2)19(3)8-9-20(4)24-10-11-25-23-16-27-30(33-27)17-22(32-21(5)31)12-15-29(30,7)26(23)13-14-28(24,25)6/h8-9,16,18-20,22,24-27H,10-15,17H2,1-7H3/b9-8+/t19-,20+,22+,24+,25+,26+,27+,28-,29-,30-/m0/s1. The van der Waals surface area contributed by atoms with Crippen LogP contribution in [0.3, 0.4) is 0 Å². The van der Waals surface area contributed by atoms with Crippen LogP contribution in [0.4, 0.5) is 0 Å². The molecule has 0 aromatic heterocycles. The highest BCUT2D eigenvalue weighted by Crippen LogP contribution is 2.72. The molecule has 1 aliphatic heterocycles. The van der Waals surface area contributed by atoms with Gasteiger partial charge in [0.15, 0.2) is 0 Å². The van der Waals surface area contributed by atoms with Crippen LogP contribution in [-0.2, 0) is 14.3 Å². The van der Waals surface area contributed by atoms with Crippen LogP contribution in [0.5, 0.6) is 0 Å². The lowest BCUT2D eigenvalue weighted by Crippen LogP contribution is -2.55. The zero-order chi connectivity index (χ0) is 23.8. The number of esters is 1. The molecule has 0 amide bonds. The molecule has 3 nitrogen and oxygen atoms in total. The Hall–Kier alpha value is -1.09. The van der Waals surface area contributed by atoms with Crippen molar-refractivity contribution >= 4 is 5.97 Å². The Kier molecular flexibility index (Phi) is 5.71. The van der Waals surface area contributed by atoms with E-state index in [9.17, 15) is 4.79 Å². The lowest BCUT2D eigenvalue weighted by atomic mass is 9.47. The highest BCUT2D eigenvalue weighted by atomic mass is 16.6. The molecule has 1 heterocycles. The van der Waals surface area contributed by atoms with Crippen molar-refractivity contribution < 1.29 is 14.3 Å². The van der Waals surface area contributed by atoms with Crippen molar-refractivity contribution in [1.82, 2.24) is 0 Å². The molecule has 4 fully saturated rings. The van der Waals surface area contributed by atoms with Gasteiger partial charge in [-0.1, -0.05) is 65.3 Å². The van der Waals surface area contributed by atoms with Gasteiger partial charge in [-0.05, 0) is 79.4 Å². The minimum atomic E-state index is -0.152. The normalized spacial score (nSPS) is 47.8. The van der Waals surface area contributed by atoms with Crippen LogP contribution in [0.2, 0.25) is 0 Å². The summed E-state index contributed by atoms with van der Waals surface area (Å²) in [5.74, 6) is 3.98. The monoisotopic (exact) mass is 454 g/mol. The van der Waals surface area contributed by atoms with E-state index in [-0.39, 0.29) is 29.2 Å². The fourth-order valence-electron chi connectivity index (χ4n) is 8.84. The molecule has 33 heavy (non-hydrogen) atoms. The first-order valence-corrected chi connectivity index (χ1v) is 13.8. The SMILES string of the molecule is CC(=O)O[C@@H]1CC[C@@]2(C)[C@@H]3CC[C@]4(C)[C@H](CC[C@@H]4[C@H](C)/C=C/[C@H](C)C(C)C)C3=C[C@H]3O[C@@]32C1. The molecule has 5 rings (SSSR count). The first-order chi connectivity index (χ1) is 15.5. The number of allylic oxidation sites excluding steroid dienone is 3. The summed E-state index contributed by atoms with van der Waals surface area (Å²) in [4.78, 5) is 11.6. The number of ether oxygens (including phenoxy) is 2. The number of hydrogen-bond donors (Lipinski definition) is 0. The Labute approximate surface area is 201 Å². The second kappa shape index (κ2) is 7.97. The van der Waals surface area contributed by atoms with Gasteiger partial charge in [0, 0.05) is 18.8 Å². The second-order valence-corrected chi connectivity index (χ2v) is 13.2. The second-order valence-electron chi connectivity index (χ2n) is 13.2. The molecule has 3 heteroatoms. The molecule has 184 valence electrons. The Bertz CT molecular complexity index is 857. The quantitative estimate of drug-likeness (QED) is 0.252. The molecule has 1 spiro atoms. The van der Waals surface area contributed by atoms with Crippen molar-refractivity contribution in [2.75, 3.05) is 0 Å². The minimum absolute atomic E-state index is 0.0288. The van der Waals surface area contributed by atoms with E-state index in [0.717, 1.165) is 25.2 Å². The Morgan fingerprint density at radius 1 is 1.06 bits per heavy atom. The smallest absolute Gasteiger partial charge is 0.302 e.